The predicted octanol–water partition coefficient (Wildman–Crippen LogP) is 5.01. The summed E-state index contributed by atoms with van der Waals surface area (Å²) in [6.07, 6.45) is 0.769. The molecule has 0 amide bonds. The Morgan fingerprint density at radius 3 is 1.88 bits per heavy atom. The molecule has 0 heterocycles. The van der Waals surface area contributed by atoms with Gasteiger partial charge in [0, 0.05) is 13.0 Å². The maximum atomic E-state index is 11.1. The number of halogens is 1. The average Bonchev–Trinajstić information content (AvgIpc) is 2.81. The van der Waals surface area contributed by atoms with Crippen molar-refractivity contribution in [1.82, 2.24) is 5.32 Å². The molecule has 32 heavy (non-hydrogen) atoms. The van der Waals surface area contributed by atoms with Gasteiger partial charge in [0.25, 0.3) is 0 Å². The van der Waals surface area contributed by atoms with Crippen LogP contribution in [0.3, 0.4) is 0 Å². The summed E-state index contributed by atoms with van der Waals surface area (Å²) in [6, 6.07) is 25.0. The van der Waals surface area contributed by atoms with Gasteiger partial charge in [0.1, 0.15) is 23.0 Å². The van der Waals surface area contributed by atoms with Gasteiger partial charge in [-0.2, -0.15) is 0 Å². The number of carbonyl (C=O) groups excluding carboxylic acids is 1. The van der Waals surface area contributed by atoms with Crippen LogP contribution in [0.5, 0.6) is 23.0 Å². The third-order valence-corrected chi connectivity index (χ3v) is 4.38. The van der Waals surface area contributed by atoms with Crippen LogP contribution in [0.1, 0.15) is 12.0 Å². The van der Waals surface area contributed by atoms with Crippen LogP contribution in [0.4, 0.5) is 0 Å². The molecule has 0 aliphatic heterocycles. The van der Waals surface area contributed by atoms with E-state index in [0.717, 1.165) is 35.0 Å². The number of nitrogens with one attached hydrogen (secondary N) is 1. The van der Waals surface area contributed by atoms with Crippen LogP contribution in [0, 0.1) is 0 Å². The maximum Gasteiger partial charge on any atom is 0.319 e. The summed E-state index contributed by atoms with van der Waals surface area (Å²) in [5, 5.41) is 3.02. The molecule has 0 bridgehead atoms. The first kappa shape index (κ1) is 25.0. The Labute approximate surface area is 194 Å². The van der Waals surface area contributed by atoms with Crippen LogP contribution < -0.4 is 19.5 Å². The zero-order valence-corrected chi connectivity index (χ0v) is 18.8. The number of esters is 1. The zero-order chi connectivity index (χ0) is 21.7. The van der Waals surface area contributed by atoms with Crippen LogP contribution in [0.2, 0.25) is 0 Å². The normalized spacial score (nSPS) is 10.0. The van der Waals surface area contributed by atoms with E-state index in [1.165, 1.54) is 7.11 Å². The lowest BCUT2D eigenvalue weighted by Crippen LogP contribution is -2.23. The molecule has 0 spiro atoms. The molecule has 0 atom stereocenters. The molecule has 0 radical (unpaired) electrons. The molecule has 0 aliphatic carbocycles. The number of carbonyl (C=O) groups is 1. The molecule has 0 aliphatic rings. The summed E-state index contributed by atoms with van der Waals surface area (Å²) in [5.74, 6) is 2.90. The van der Waals surface area contributed by atoms with Crippen molar-refractivity contribution in [3.05, 3.63) is 84.4 Å². The molecule has 3 rings (SSSR count). The maximum absolute atomic E-state index is 11.1. The molecule has 3 aromatic carbocycles. The summed E-state index contributed by atoms with van der Waals surface area (Å²) in [7, 11) is 1.37. The van der Waals surface area contributed by atoms with E-state index in [0.29, 0.717) is 19.8 Å². The van der Waals surface area contributed by atoms with Gasteiger partial charge in [-0.1, -0.05) is 30.3 Å². The molecule has 0 unspecified atom stereocenters. The zero-order valence-electron chi connectivity index (χ0n) is 18.0. The average molecular weight is 458 g/mol. The molecule has 6 nitrogen and oxygen atoms in total. The number of para-hydroxylation sites is 1. The van der Waals surface area contributed by atoms with E-state index in [-0.39, 0.29) is 24.9 Å². The lowest BCUT2D eigenvalue weighted by Gasteiger charge is -2.10. The van der Waals surface area contributed by atoms with Gasteiger partial charge in [-0.3, -0.25) is 4.79 Å². The largest absolute Gasteiger partial charge is 0.493 e. The van der Waals surface area contributed by atoms with Gasteiger partial charge in [0.15, 0.2) is 0 Å². The fourth-order valence-corrected chi connectivity index (χ4v) is 2.75. The minimum atomic E-state index is -0.279. The summed E-state index contributed by atoms with van der Waals surface area (Å²) in [6.45, 7) is 1.92. The SMILES string of the molecule is COC(=O)CNCc1ccc(OCCCOc2ccc(Oc3ccccc3)cc2)cc1.Cl. The van der Waals surface area contributed by atoms with Crippen molar-refractivity contribution in [3.8, 4) is 23.0 Å². The van der Waals surface area contributed by atoms with Crippen LogP contribution in [0.25, 0.3) is 0 Å². The number of benzene rings is 3. The smallest absolute Gasteiger partial charge is 0.319 e. The van der Waals surface area contributed by atoms with Crippen molar-refractivity contribution in [2.75, 3.05) is 26.9 Å². The summed E-state index contributed by atoms with van der Waals surface area (Å²) in [4.78, 5) is 11.1. The Morgan fingerprint density at radius 2 is 1.28 bits per heavy atom. The quantitative estimate of drug-likeness (QED) is 0.304. The Balaban J connectivity index is 0.00000363. The highest BCUT2D eigenvalue weighted by Crippen LogP contribution is 2.23. The highest BCUT2D eigenvalue weighted by Gasteiger charge is 2.01. The second kappa shape index (κ2) is 14.0. The van der Waals surface area contributed by atoms with Crippen LogP contribution in [0.15, 0.2) is 78.9 Å². The van der Waals surface area contributed by atoms with Crippen LogP contribution >= 0.6 is 12.4 Å². The molecule has 0 saturated carbocycles. The summed E-state index contributed by atoms with van der Waals surface area (Å²) >= 11 is 0. The van der Waals surface area contributed by atoms with Crippen molar-refractivity contribution in [2.45, 2.75) is 13.0 Å². The monoisotopic (exact) mass is 457 g/mol. The summed E-state index contributed by atoms with van der Waals surface area (Å²) < 4.78 is 21.9. The van der Waals surface area contributed by atoms with Crippen LogP contribution in [-0.4, -0.2) is 32.8 Å². The third kappa shape index (κ3) is 8.88. The number of methoxy groups -OCH3 is 1. The molecule has 0 fully saturated rings. The lowest BCUT2D eigenvalue weighted by molar-refractivity contribution is -0.139. The van der Waals surface area contributed by atoms with Crippen molar-refractivity contribution in [1.29, 1.82) is 0 Å². The van der Waals surface area contributed by atoms with Crippen LogP contribution in [-0.2, 0) is 16.1 Å². The first-order valence-corrected chi connectivity index (χ1v) is 10.2. The molecule has 170 valence electrons. The molecular weight excluding hydrogens is 430 g/mol. The minimum Gasteiger partial charge on any atom is -0.493 e. The minimum absolute atomic E-state index is 0. The topological polar surface area (TPSA) is 66.0 Å². The van der Waals surface area contributed by atoms with E-state index in [9.17, 15) is 4.79 Å². The van der Waals surface area contributed by atoms with E-state index >= 15 is 0 Å². The van der Waals surface area contributed by atoms with Gasteiger partial charge in [0.05, 0.1) is 26.9 Å². The van der Waals surface area contributed by atoms with Gasteiger partial charge in [-0.25, -0.2) is 0 Å². The number of ether oxygens (including phenoxy) is 4. The highest BCUT2D eigenvalue weighted by molar-refractivity contribution is 5.85. The number of rotatable bonds is 12. The highest BCUT2D eigenvalue weighted by atomic mass is 35.5. The fraction of sp³-hybridized carbons (Fsp3) is 0.240. The molecular formula is C25H28ClNO5. The van der Waals surface area contributed by atoms with Crippen molar-refractivity contribution < 1.29 is 23.7 Å². The van der Waals surface area contributed by atoms with E-state index < -0.39 is 0 Å². The first-order valence-electron chi connectivity index (χ1n) is 10.2. The Hall–Kier alpha value is -3.22. The molecule has 0 aromatic heterocycles. The van der Waals surface area contributed by atoms with Gasteiger partial charge in [-0.15, -0.1) is 12.4 Å². The Bertz CT molecular complexity index is 917. The lowest BCUT2D eigenvalue weighted by atomic mass is 10.2. The second-order valence-electron chi connectivity index (χ2n) is 6.76. The van der Waals surface area contributed by atoms with Gasteiger partial charge >= 0.3 is 5.97 Å². The van der Waals surface area contributed by atoms with E-state index in [4.69, 9.17) is 14.2 Å². The number of hydrogen-bond donors (Lipinski definition) is 1. The Kier molecular flexibility index (Phi) is 10.9. The molecule has 1 N–H and O–H groups in total. The Morgan fingerprint density at radius 1 is 0.750 bits per heavy atom. The van der Waals surface area contributed by atoms with Gasteiger partial charge in [-0.05, 0) is 54.1 Å². The van der Waals surface area contributed by atoms with Gasteiger partial charge in [0.2, 0.25) is 0 Å². The van der Waals surface area contributed by atoms with E-state index in [1.54, 1.807) is 0 Å². The predicted molar refractivity (Wildman–Crippen MR) is 126 cm³/mol. The number of hydrogen-bond acceptors (Lipinski definition) is 6. The van der Waals surface area contributed by atoms with E-state index in [1.807, 2.05) is 78.9 Å². The summed E-state index contributed by atoms with van der Waals surface area (Å²) in [5.41, 5.74) is 1.07. The van der Waals surface area contributed by atoms with Crippen molar-refractivity contribution >= 4 is 18.4 Å². The van der Waals surface area contributed by atoms with Crippen molar-refractivity contribution in [3.63, 3.8) is 0 Å². The first-order chi connectivity index (χ1) is 15.2. The molecule has 7 heteroatoms. The third-order valence-electron chi connectivity index (χ3n) is 4.38. The molecule has 0 saturated heterocycles. The standard InChI is InChI=1S/C25H27NO5.ClH/c1-28-25(27)19-26-18-20-8-10-21(11-9-20)29-16-5-17-30-22-12-14-24(15-13-22)31-23-6-3-2-4-7-23;/h2-4,6-15,26H,5,16-19H2,1H3;1H. The van der Waals surface area contributed by atoms with E-state index in [2.05, 4.69) is 10.1 Å². The van der Waals surface area contributed by atoms with Crippen molar-refractivity contribution in [2.24, 2.45) is 0 Å². The second-order valence-corrected chi connectivity index (χ2v) is 6.76. The van der Waals surface area contributed by atoms with Gasteiger partial charge < -0.3 is 24.3 Å². The fourth-order valence-electron chi connectivity index (χ4n) is 2.75. The molecule has 3 aromatic rings.